The summed E-state index contributed by atoms with van der Waals surface area (Å²) in [6.07, 6.45) is 2.42. The molecular formula is C15H21FN2OS. The Hall–Kier alpha value is -1.04. The number of thiocarbonyl (C=S) groups is 1. The van der Waals surface area contributed by atoms with Crippen molar-refractivity contribution in [2.75, 3.05) is 13.1 Å². The largest absolute Gasteiger partial charge is 0.390 e. The zero-order valence-corrected chi connectivity index (χ0v) is 12.5. The van der Waals surface area contributed by atoms with Crippen LogP contribution in [0.2, 0.25) is 0 Å². The quantitative estimate of drug-likeness (QED) is 0.840. The fourth-order valence-electron chi connectivity index (χ4n) is 2.61. The van der Waals surface area contributed by atoms with Crippen molar-refractivity contribution in [2.45, 2.75) is 38.3 Å². The number of nitrogens with zero attached hydrogens (tertiary/aromatic N) is 1. The molecule has 20 heavy (non-hydrogen) atoms. The Morgan fingerprint density at radius 2 is 2.20 bits per heavy atom. The second-order valence-corrected chi connectivity index (χ2v) is 6.21. The van der Waals surface area contributed by atoms with E-state index in [0.29, 0.717) is 24.1 Å². The third-order valence-corrected chi connectivity index (χ3v) is 4.11. The third-order valence-electron chi connectivity index (χ3n) is 3.89. The number of hydrogen-bond donors (Lipinski definition) is 2. The number of aliphatic hydroxyl groups is 1. The maximum absolute atomic E-state index is 14.3. The molecule has 0 saturated carbocycles. The Bertz CT molecular complexity index is 505. The molecule has 3 nitrogen and oxygen atoms in total. The second kappa shape index (κ2) is 6.16. The topological polar surface area (TPSA) is 49.5 Å². The molecule has 0 aromatic heterocycles. The number of hydrogen-bond acceptors (Lipinski definition) is 3. The van der Waals surface area contributed by atoms with E-state index in [9.17, 15) is 9.50 Å². The smallest absolute Gasteiger partial charge is 0.137 e. The average molecular weight is 296 g/mol. The Morgan fingerprint density at radius 3 is 2.90 bits per heavy atom. The number of likely N-dealkylation sites (tertiary alicyclic amines) is 1. The van der Waals surface area contributed by atoms with Crippen LogP contribution in [-0.4, -0.2) is 33.7 Å². The summed E-state index contributed by atoms with van der Waals surface area (Å²) in [6, 6.07) is 5.15. The van der Waals surface area contributed by atoms with Crippen LogP contribution in [0.1, 0.15) is 37.3 Å². The zero-order valence-electron chi connectivity index (χ0n) is 11.7. The molecule has 1 aromatic rings. The van der Waals surface area contributed by atoms with Crippen LogP contribution in [0, 0.1) is 5.82 Å². The van der Waals surface area contributed by atoms with E-state index in [1.165, 1.54) is 0 Å². The maximum Gasteiger partial charge on any atom is 0.137 e. The highest BCUT2D eigenvalue weighted by molar-refractivity contribution is 7.80. The number of rotatable bonds is 3. The van der Waals surface area contributed by atoms with Crippen LogP contribution in [0.4, 0.5) is 4.39 Å². The van der Waals surface area contributed by atoms with Crippen molar-refractivity contribution in [1.29, 1.82) is 0 Å². The first-order valence-electron chi connectivity index (χ1n) is 6.91. The molecule has 1 aliphatic rings. The van der Waals surface area contributed by atoms with Crippen molar-refractivity contribution in [2.24, 2.45) is 5.73 Å². The Balaban J connectivity index is 2.10. The monoisotopic (exact) mass is 296 g/mol. The molecule has 1 heterocycles. The SMILES string of the molecule is CC1(O)CCCN(Cc2cccc(C(N)=S)c2F)CC1. The van der Waals surface area contributed by atoms with E-state index in [2.05, 4.69) is 4.90 Å². The van der Waals surface area contributed by atoms with Crippen molar-refractivity contribution in [3.63, 3.8) is 0 Å². The molecule has 0 amide bonds. The molecule has 1 saturated heterocycles. The maximum atomic E-state index is 14.3. The molecule has 0 spiro atoms. The van der Waals surface area contributed by atoms with Gasteiger partial charge in [0.15, 0.2) is 0 Å². The minimum Gasteiger partial charge on any atom is -0.390 e. The molecule has 0 bridgehead atoms. The van der Waals surface area contributed by atoms with Gasteiger partial charge in [-0.15, -0.1) is 0 Å². The summed E-state index contributed by atoms with van der Waals surface area (Å²) in [6.45, 7) is 4.03. The molecule has 1 unspecified atom stereocenters. The van der Waals surface area contributed by atoms with E-state index >= 15 is 0 Å². The molecular weight excluding hydrogens is 275 g/mol. The van der Waals surface area contributed by atoms with Crippen molar-refractivity contribution >= 4 is 17.2 Å². The van der Waals surface area contributed by atoms with E-state index in [4.69, 9.17) is 18.0 Å². The molecule has 110 valence electrons. The average Bonchev–Trinajstić information content (AvgIpc) is 2.53. The molecule has 1 fully saturated rings. The van der Waals surface area contributed by atoms with E-state index < -0.39 is 5.60 Å². The summed E-state index contributed by atoms with van der Waals surface area (Å²) < 4.78 is 14.3. The molecule has 1 aromatic carbocycles. The van der Waals surface area contributed by atoms with Gasteiger partial charge in [0, 0.05) is 24.2 Å². The first kappa shape index (κ1) is 15.4. The number of halogens is 1. The summed E-state index contributed by atoms with van der Waals surface area (Å²) in [5.74, 6) is -0.323. The van der Waals surface area contributed by atoms with Gasteiger partial charge in [-0.2, -0.15) is 0 Å². The lowest BCUT2D eigenvalue weighted by atomic mass is 9.98. The van der Waals surface area contributed by atoms with Gasteiger partial charge in [0.1, 0.15) is 10.8 Å². The van der Waals surface area contributed by atoms with Crippen LogP contribution >= 0.6 is 12.2 Å². The minimum atomic E-state index is -0.603. The second-order valence-electron chi connectivity index (χ2n) is 5.77. The summed E-state index contributed by atoms with van der Waals surface area (Å²) in [5, 5.41) is 10.1. The molecule has 3 N–H and O–H groups in total. The molecule has 2 rings (SSSR count). The highest BCUT2D eigenvalue weighted by Gasteiger charge is 2.25. The number of benzene rings is 1. The van der Waals surface area contributed by atoms with Crippen LogP contribution in [0.25, 0.3) is 0 Å². The van der Waals surface area contributed by atoms with Crippen LogP contribution in [0.5, 0.6) is 0 Å². The van der Waals surface area contributed by atoms with Gasteiger partial charge in [0.25, 0.3) is 0 Å². The lowest BCUT2D eigenvalue weighted by Gasteiger charge is -2.22. The Kier molecular flexibility index (Phi) is 4.73. The Labute approximate surface area is 124 Å². The van der Waals surface area contributed by atoms with E-state index in [1.54, 1.807) is 18.2 Å². The number of nitrogens with two attached hydrogens (primary N) is 1. The van der Waals surface area contributed by atoms with Gasteiger partial charge in [-0.05, 0) is 38.8 Å². The lowest BCUT2D eigenvalue weighted by molar-refractivity contribution is 0.0444. The summed E-state index contributed by atoms with van der Waals surface area (Å²) >= 11 is 4.86. The van der Waals surface area contributed by atoms with Gasteiger partial charge in [0.05, 0.1) is 5.60 Å². The van der Waals surface area contributed by atoms with Crippen LogP contribution in [-0.2, 0) is 6.54 Å². The first-order chi connectivity index (χ1) is 9.39. The summed E-state index contributed by atoms with van der Waals surface area (Å²) in [7, 11) is 0. The fraction of sp³-hybridized carbons (Fsp3) is 0.533. The highest BCUT2D eigenvalue weighted by atomic mass is 32.1. The van der Waals surface area contributed by atoms with E-state index in [1.807, 2.05) is 6.92 Å². The predicted molar refractivity (Wildman–Crippen MR) is 82.0 cm³/mol. The Morgan fingerprint density at radius 1 is 1.45 bits per heavy atom. The van der Waals surface area contributed by atoms with E-state index in [0.717, 1.165) is 25.9 Å². The van der Waals surface area contributed by atoms with Crippen molar-refractivity contribution in [3.05, 3.63) is 35.1 Å². The van der Waals surface area contributed by atoms with Crippen LogP contribution in [0.3, 0.4) is 0 Å². The van der Waals surface area contributed by atoms with Crippen molar-refractivity contribution in [1.82, 2.24) is 4.90 Å². The molecule has 5 heteroatoms. The highest BCUT2D eigenvalue weighted by Crippen LogP contribution is 2.23. The van der Waals surface area contributed by atoms with Crippen molar-refractivity contribution < 1.29 is 9.50 Å². The first-order valence-corrected chi connectivity index (χ1v) is 7.32. The van der Waals surface area contributed by atoms with Crippen molar-refractivity contribution in [3.8, 4) is 0 Å². The minimum absolute atomic E-state index is 0.0862. The van der Waals surface area contributed by atoms with Crippen LogP contribution < -0.4 is 5.73 Å². The predicted octanol–water partition coefficient (Wildman–Crippen LogP) is 2.20. The molecule has 0 radical (unpaired) electrons. The summed E-state index contributed by atoms with van der Waals surface area (Å²) in [4.78, 5) is 2.26. The molecule has 0 aliphatic carbocycles. The zero-order chi connectivity index (χ0) is 14.8. The molecule has 1 atom stereocenters. The van der Waals surface area contributed by atoms with Gasteiger partial charge < -0.3 is 10.8 Å². The summed E-state index contributed by atoms with van der Waals surface area (Å²) in [5.41, 5.74) is 5.83. The van der Waals surface area contributed by atoms with Crippen LogP contribution in [0.15, 0.2) is 18.2 Å². The van der Waals surface area contributed by atoms with Gasteiger partial charge in [-0.1, -0.05) is 24.4 Å². The standard InChI is InChI=1S/C15H21FN2OS/c1-15(19)6-3-8-18(9-7-15)10-11-4-2-5-12(13(11)16)14(17)20/h2,4-5,19H,3,6-10H2,1H3,(H2,17,20). The normalized spacial score (nSPS) is 24.4. The lowest BCUT2D eigenvalue weighted by Crippen LogP contribution is -2.28. The van der Waals surface area contributed by atoms with Gasteiger partial charge in [-0.25, -0.2) is 4.39 Å². The van der Waals surface area contributed by atoms with Gasteiger partial charge in [0.2, 0.25) is 0 Å². The fourth-order valence-corrected chi connectivity index (χ4v) is 2.77. The third kappa shape index (κ3) is 3.75. The van der Waals surface area contributed by atoms with E-state index in [-0.39, 0.29) is 10.8 Å². The van der Waals surface area contributed by atoms with Gasteiger partial charge in [-0.3, -0.25) is 4.90 Å². The molecule has 1 aliphatic heterocycles. The van der Waals surface area contributed by atoms with Gasteiger partial charge >= 0.3 is 0 Å².